The smallest absolute Gasteiger partial charge is 0.143 e. The van der Waals surface area contributed by atoms with Crippen LogP contribution in [0, 0.1) is 0 Å². The summed E-state index contributed by atoms with van der Waals surface area (Å²) in [7, 11) is 0. The molecule has 0 saturated heterocycles. The molecule has 18 aromatic rings. The van der Waals surface area contributed by atoms with Crippen molar-refractivity contribution in [2.45, 2.75) is 0 Å². The van der Waals surface area contributed by atoms with Crippen molar-refractivity contribution in [2.24, 2.45) is 0 Å². The standard InChI is InChI=1S/C44H26.C36H22O/c1-5-27-13-15-31-17-21-37(39-23-19-29(7-1)41(27)43(31)39)35-11-3-9-33(25-35)34-10-4-12-36(26-34)38-22-18-32-16-14-28-6-2-8-30-20-24-40(38)44(32)42(28)30;1-2-12-24(13-3-1)33-26-15-6-8-17-28(26)34(29-18-9-7-16-27(29)33)30-19-10-20-32-35(30)31-22-21-23-11-4-5-14-25(23)36(31)37-32/h1-26H;1-22H. The third-order valence-electron chi connectivity index (χ3n) is 17.4. The summed E-state index contributed by atoms with van der Waals surface area (Å²) in [5.74, 6) is 0. The van der Waals surface area contributed by atoms with Crippen LogP contribution in [0.15, 0.2) is 296 Å². The fourth-order valence-electron chi connectivity index (χ4n) is 13.8. The third-order valence-corrected chi connectivity index (χ3v) is 17.4. The molecular formula is C80H48O. The second-order valence-electron chi connectivity index (χ2n) is 21.8. The van der Waals surface area contributed by atoms with Crippen molar-refractivity contribution in [3.05, 3.63) is 291 Å². The Hall–Kier alpha value is -10.6. The van der Waals surface area contributed by atoms with Crippen molar-refractivity contribution in [3.8, 4) is 55.6 Å². The maximum Gasteiger partial charge on any atom is 0.143 e. The van der Waals surface area contributed by atoms with E-state index in [1.54, 1.807) is 0 Å². The van der Waals surface area contributed by atoms with Gasteiger partial charge in [-0.1, -0.05) is 267 Å². The largest absolute Gasteiger partial charge is 0.455 e. The Morgan fingerprint density at radius 2 is 0.568 bits per heavy atom. The molecule has 17 aromatic carbocycles. The second kappa shape index (κ2) is 18.0. The van der Waals surface area contributed by atoms with Gasteiger partial charge in [0.2, 0.25) is 0 Å². The van der Waals surface area contributed by atoms with Crippen LogP contribution in [0.5, 0.6) is 0 Å². The van der Waals surface area contributed by atoms with Gasteiger partial charge in [-0.2, -0.15) is 0 Å². The fourth-order valence-corrected chi connectivity index (χ4v) is 13.8. The summed E-state index contributed by atoms with van der Waals surface area (Å²) in [6.07, 6.45) is 0. The Balaban J connectivity index is 0.000000131. The highest BCUT2D eigenvalue weighted by atomic mass is 16.3. The first-order valence-corrected chi connectivity index (χ1v) is 28.1. The molecule has 0 amide bonds. The molecule has 1 nitrogen and oxygen atoms in total. The Morgan fingerprint density at radius 3 is 1.12 bits per heavy atom. The molecule has 374 valence electrons. The molecule has 0 N–H and O–H groups in total. The third kappa shape index (κ3) is 7.05. The first-order chi connectivity index (χ1) is 40.2. The zero-order chi connectivity index (χ0) is 53.1. The van der Waals surface area contributed by atoms with Gasteiger partial charge in [-0.3, -0.25) is 0 Å². The Kier molecular flexibility index (Phi) is 10.1. The molecule has 81 heavy (non-hydrogen) atoms. The molecule has 0 bridgehead atoms. The van der Waals surface area contributed by atoms with Crippen LogP contribution in [0.1, 0.15) is 0 Å². The lowest BCUT2D eigenvalue weighted by Gasteiger charge is -2.18. The lowest BCUT2D eigenvalue weighted by atomic mass is 9.85. The van der Waals surface area contributed by atoms with Crippen LogP contribution in [-0.2, 0) is 0 Å². The van der Waals surface area contributed by atoms with E-state index in [-0.39, 0.29) is 0 Å². The molecule has 0 aliphatic heterocycles. The van der Waals surface area contributed by atoms with Crippen LogP contribution >= 0.6 is 0 Å². The van der Waals surface area contributed by atoms with Crippen LogP contribution in [0.25, 0.3) is 175 Å². The average Bonchev–Trinajstić information content (AvgIpc) is 4.20. The molecule has 0 atom stereocenters. The molecule has 0 aliphatic rings. The molecule has 0 saturated carbocycles. The number of fused-ring (bicyclic) bond motifs is 7. The Labute approximate surface area is 467 Å². The van der Waals surface area contributed by atoms with Crippen molar-refractivity contribution in [1.29, 1.82) is 0 Å². The van der Waals surface area contributed by atoms with Crippen molar-refractivity contribution in [1.82, 2.24) is 0 Å². The van der Waals surface area contributed by atoms with Crippen LogP contribution in [-0.4, -0.2) is 0 Å². The van der Waals surface area contributed by atoms with E-state index in [2.05, 4.69) is 291 Å². The van der Waals surface area contributed by atoms with E-state index in [1.807, 2.05) is 0 Å². The minimum Gasteiger partial charge on any atom is -0.455 e. The molecule has 1 heterocycles. The molecular weight excluding hydrogens is 977 g/mol. The van der Waals surface area contributed by atoms with Gasteiger partial charge in [-0.25, -0.2) is 0 Å². The van der Waals surface area contributed by atoms with Gasteiger partial charge in [0, 0.05) is 16.2 Å². The Bertz CT molecular complexity index is 5250. The van der Waals surface area contributed by atoms with Gasteiger partial charge in [0.15, 0.2) is 0 Å². The molecule has 1 aromatic heterocycles. The van der Waals surface area contributed by atoms with Gasteiger partial charge in [0.25, 0.3) is 0 Å². The van der Waals surface area contributed by atoms with Crippen molar-refractivity contribution in [2.75, 3.05) is 0 Å². The fraction of sp³-hybridized carbons (Fsp3) is 0. The molecule has 0 spiro atoms. The summed E-state index contributed by atoms with van der Waals surface area (Å²) < 4.78 is 6.55. The van der Waals surface area contributed by atoms with Crippen LogP contribution < -0.4 is 0 Å². The minimum absolute atomic E-state index is 0.921. The summed E-state index contributed by atoms with van der Waals surface area (Å²) in [5.41, 5.74) is 14.4. The van der Waals surface area contributed by atoms with E-state index in [1.165, 1.54) is 153 Å². The maximum atomic E-state index is 6.55. The number of benzene rings is 17. The second-order valence-corrected chi connectivity index (χ2v) is 21.8. The topological polar surface area (TPSA) is 13.1 Å². The van der Waals surface area contributed by atoms with Crippen LogP contribution in [0.4, 0.5) is 0 Å². The first-order valence-electron chi connectivity index (χ1n) is 28.1. The van der Waals surface area contributed by atoms with Crippen molar-refractivity contribution in [3.63, 3.8) is 0 Å². The van der Waals surface area contributed by atoms with Gasteiger partial charge >= 0.3 is 0 Å². The summed E-state index contributed by atoms with van der Waals surface area (Å²) in [5, 5.41) is 25.6. The molecule has 1 heteroatoms. The first kappa shape index (κ1) is 45.4. The minimum atomic E-state index is 0.921. The van der Waals surface area contributed by atoms with Gasteiger partial charge in [-0.15, -0.1) is 0 Å². The van der Waals surface area contributed by atoms with Crippen molar-refractivity contribution < 1.29 is 4.42 Å². The van der Waals surface area contributed by atoms with Gasteiger partial charge in [0.05, 0.1) is 0 Å². The van der Waals surface area contributed by atoms with E-state index in [0.717, 1.165) is 21.9 Å². The van der Waals surface area contributed by atoms with Crippen LogP contribution in [0.2, 0.25) is 0 Å². The van der Waals surface area contributed by atoms with Crippen molar-refractivity contribution >= 4 is 119 Å². The lowest BCUT2D eigenvalue weighted by molar-refractivity contribution is 0.673. The SMILES string of the molecule is c1cc(-c2cccc(-c3ccc4ccc5cccc6ccc3c4c56)c2)cc(-c2ccc3ccc4cccc5ccc2c3c45)c1.c1ccc(-c2c3ccccc3c(-c3cccc4oc5c6ccccc6ccc5c34)c3ccccc23)cc1. The summed E-state index contributed by atoms with van der Waals surface area (Å²) >= 11 is 0. The number of furan rings is 1. The maximum absolute atomic E-state index is 6.55. The van der Waals surface area contributed by atoms with E-state index >= 15 is 0 Å². The lowest BCUT2D eigenvalue weighted by Crippen LogP contribution is -1.91. The zero-order valence-electron chi connectivity index (χ0n) is 44.1. The monoisotopic (exact) mass is 1020 g/mol. The predicted octanol–water partition coefficient (Wildman–Crippen LogP) is 22.9. The number of rotatable bonds is 5. The molecule has 0 aliphatic carbocycles. The summed E-state index contributed by atoms with van der Waals surface area (Å²) in [6, 6.07) is 106. The average molecular weight is 1030 g/mol. The van der Waals surface area contributed by atoms with Crippen LogP contribution in [0.3, 0.4) is 0 Å². The molecule has 0 fully saturated rings. The van der Waals surface area contributed by atoms with E-state index < -0.39 is 0 Å². The normalized spacial score (nSPS) is 12.0. The van der Waals surface area contributed by atoms with E-state index in [4.69, 9.17) is 4.42 Å². The highest BCUT2D eigenvalue weighted by molar-refractivity contribution is 6.29. The Morgan fingerprint density at radius 1 is 0.185 bits per heavy atom. The highest BCUT2D eigenvalue weighted by Crippen LogP contribution is 2.48. The quantitative estimate of drug-likeness (QED) is 0.124. The van der Waals surface area contributed by atoms with E-state index in [9.17, 15) is 0 Å². The van der Waals surface area contributed by atoms with Gasteiger partial charge in [0.1, 0.15) is 11.2 Å². The summed E-state index contributed by atoms with van der Waals surface area (Å²) in [4.78, 5) is 0. The number of hydrogen-bond donors (Lipinski definition) is 0. The van der Waals surface area contributed by atoms with E-state index in [0.29, 0.717) is 0 Å². The molecule has 0 unspecified atom stereocenters. The highest BCUT2D eigenvalue weighted by Gasteiger charge is 2.22. The number of hydrogen-bond acceptors (Lipinski definition) is 1. The predicted molar refractivity (Wildman–Crippen MR) is 347 cm³/mol. The molecule has 0 radical (unpaired) electrons. The van der Waals surface area contributed by atoms with Gasteiger partial charge < -0.3 is 4.42 Å². The van der Waals surface area contributed by atoms with Gasteiger partial charge in [-0.05, 0) is 171 Å². The zero-order valence-corrected chi connectivity index (χ0v) is 44.1. The summed E-state index contributed by atoms with van der Waals surface area (Å²) in [6.45, 7) is 0. The molecule has 18 rings (SSSR count).